The zero-order valence-corrected chi connectivity index (χ0v) is 23.4. The number of benzene rings is 2. The van der Waals surface area contributed by atoms with Gasteiger partial charge < -0.3 is 10.6 Å². The second-order valence-corrected chi connectivity index (χ2v) is 12.2. The lowest BCUT2D eigenvalue weighted by Crippen LogP contribution is -2.23. The molecule has 0 fully saturated rings. The van der Waals surface area contributed by atoms with E-state index in [4.69, 9.17) is 0 Å². The van der Waals surface area contributed by atoms with Gasteiger partial charge in [0.15, 0.2) is 0 Å². The molecule has 2 aromatic carbocycles. The molecule has 0 bridgehead atoms. The largest absolute Gasteiger partial charge is 0.335 e. The van der Waals surface area contributed by atoms with Crippen LogP contribution in [0.15, 0.2) is 70.7 Å². The number of aromatic nitrogens is 4. The van der Waals surface area contributed by atoms with Gasteiger partial charge in [-0.05, 0) is 53.8 Å². The summed E-state index contributed by atoms with van der Waals surface area (Å²) in [6, 6.07) is 16.0. The van der Waals surface area contributed by atoms with E-state index in [1.165, 1.54) is 24.0 Å². The smallest absolute Gasteiger partial charge is 0.290 e. The first kappa shape index (κ1) is 27.6. The summed E-state index contributed by atoms with van der Waals surface area (Å²) in [5, 5.41) is 9.89. The molecule has 2 N–H and O–H groups in total. The molecule has 0 saturated carbocycles. The van der Waals surface area contributed by atoms with E-state index >= 15 is 0 Å². The Hall–Kier alpha value is -4.38. The van der Waals surface area contributed by atoms with Gasteiger partial charge in [-0.2, -0.15) is 5.10 Å². The SMILES string of the molecule is Cc1c(NC(=O)c2ccc(C(C)(C)C)cc2)cccc1-c1cc(Nc2ccnc(S(C)(=O)=O)n2)c(=O)n(C)n1. The predicted molar refractivity (Wildman–Crippen MR) is 151 cm³/mol. The fraction of sp³-hybridized carbons (Fsp3) is 0.250. The highest BCUT2D eigenvalue weighted by molar-refractivity contribution is 7.90. The Morgan fingerprint density at radius 3 is 2.33 bits per heavy atom. The van der Waals surface area contributed by atoms with Gasteiger partial charge in [0.05, 0.1) is 5.69 Å². The highest BCUT2D eigenvalue weighted by atomic mass is 32.2. The number of carbonyl (C=O) groups excluding carboxylic acids is 1. The molecule has 0 radical (unpaired) electrons. The minimum atomic E-state index is -3.63. The molecule has 202 valence electrons. The molecule has 1 amide bonds. The first-order valence-corrected chi connectivity index (χ1v) is 14.0. The first-order valence-electron chi connectivity index (χ1n) is 12.1. The second-order valence-electron chi connectivity index (χ2n) is 10.3. The number of hydrogen-bond donors (Lipinski definition) is 2. The van der Waals surface area contributed by atoms with E-state index in [-0.39, 0.29) is 28.0 Å². The Kier molecular flexibility index (Phi) is 7.38. The molecular weight excluding hydrogens is 516 g/mol. The van der Waals surface area contributed by atoms with Gasteiger partial charge >= 0.3 is 0 Å². The van der Waals surface area contributed by atoms with E-state index in [1.54, 1.807) is 18.2 Å². The van der Waals surface area contributed by atoms with Crippen molar-refractivity contribution >= 4 is 32.9 Å². The van der Waals surface area contributed by atoms with Crippen LogP contribution in [0.1, 0.15) is 42.3 Å². The normalized spacial score (nSPS) is 11.7. The fourth-order valence-corrected chi connectivity index (χ4v) is 4.44. The highest BCUT2D eigenvalue weighted by Gasteiger charge is 2.17. The highest BCUT2D eigenvalue weighted by Crippen LogP contribution is 2.29. The van der Waals surface area contributed by atoms with Crippen molar-refractivity contribution in [3.63, 3.8) is 0 Å². The number of rotatable bonds is 6. The molecule has 2 aromatic heterocycles. The number of nitrogens with one attached hydrogen (secondary N) is 2. The maximum Gasteiger partial charge on any atom is 0.290 e. The van der Waals surface area contributed by atoms with Gasteiger partial charge in [0.1, 0.15) is 11.5 Å². The minimum absolute atomic E-state index is 0.0140. The Bertz CT molecular complexity index is 1720. The van der Waals surface area contributed by atoms with Crippen molar-refractivity contribution in [3.8, 4) is 11.3 Å². The maximum atomic E-state index is 13.0. The third-order valence-corrected chi connectivity index (χ3v) is 7.02. The van der Waals surface area contributed by atoms with Crippen LogP contribution in [0, 0.1) is 6.92 Å². The molecule has 4 rings (SSSR count). The van der Waals surface area contributed by atoms with E-state index in [0.29, 0.717) is 22.5 Å². The predicted octanol–water partition coefficient (Wildman–Crippen LogP) is 4.24. The van der Waals surface area contributed by atoms with Crippen LogP contribution in [-0.2, 0) is 22.3 Å². The van der Waals surface area contributed by atoms with E-state index < -0.39 is 15.4 Å². The average Bonchev–Trinajstić information content (AvgIpc) is 2.87. The molecule has 4 aromatic rings. The van der Waals surface area contributed by atoms with Gasteiger partial charge in [-0.25, -0.2) is 23.1 Å². The summed E-state index contributed by atoms with van der Waals surface area (Å²) in [7, 11) is -2.11. The van der Waals surface area contributed by atoms with Crippen molar-refractivity contribution in [2.24, 2.45) is 7.05 Å². The zero-order valence-electron chi connectivity index (χ0n) is 22.6. The summed E-state index contributed by atoms with van der Waals surface area (Å²) in [6.07, 6.45) is 2.30. The number of anilines is 3. The zero-order chi connectivity index (χ0) is 28.5. The summed E-state index contributed by atoms with van der Waals surface area (Å²) in [6.45, 7) is 8.21. The summed E-state index contributed by atoms with van der Waals surface area (Å²) < 4.78 is 24.8. The van der Waals surface area contributed by atoms with Crippen LogP contribution in [0.5, 0.6) is 0 Å². The number of aryl methyl sites for hydroxylation is 1. The van der Waals surface area contributed by atoms with Crippen molar-refractivity contribution < 1.29 is 13.2 Å². The van der Waals surface area contributed by atoms with Crippen LogP contribution in [0.25, 0.3) is 11.3 Å². The summed E-state index contributed by atoms with van der Waals surface area (Å²) in [5.74, 6) is -0.0909. The monoisotopic (exact) mass is 546 g/mol. The first-order chi connectivity index (χ1) is 18.2. The summed E-state index contributed by atoms with van der Waals surface area (Å²) >= 11 is 0. The Balaban J connectivity index is 1.64. The Morgan fingerprint density at radius 1 is 1.00 bits per heavy atom. The van der Waals surface area contributed by atoms with Crippen LogP contribution in [0.3, 0.4) is 0 Å². The topological polar surface area (TPSA) is 136 Å². The van der Waals surface area contributed by atoms with Gasteiger partial charge in [0.2, 0.25) is 15.0 Å². The lowest BCUT2D eigenvalue weighted by atomic mass is 9.86. The molecule has 10 nitrogen and oxygen atoms in total. The molecule has 0 aliphatic heterocycles. The lowest BCUT2D eigenvalue weighted by molar-refractivity contribution is 0.102. The van der Waals surface area contributed by atoms with Gasteiger partial charge in [0.25, 0.3) is 11.5 Å². The number of hydrogen-bond acceptors (Lipinski definition) is 8. The van der Waals surface area contributed by atoms with Gasteiger partial charge in [-0.3, -0.25) is 9.59 Å². The molecule has 0 aliphatic carbocycles. The van der Waals surface area contributed by atoms with Crippen molar-refractivity contribution in [2.45, 2.75) is 38.3 Å². The molecule has 0 aliphatic rings. The molecule has 11 heteroatoms. The maximum absolute atomic E-state index is 13.0. The van der Waals surface area contributed by atoms with Gasteiger partial charge in [0, 0.05) is 36.3 Å². The quantitative estimate of drug-likeness (QED) is 0.343. The van der Waals surface area contributed by atoms with Crippen molar-refractivity contribution in [1.82, 2.24) is 19.7 Å². The van der Waals surface area contributed by atoms with E-state index in [2.05, 4.69) is 46.5 Å². The third-order valence-electron chi connectivity index (χ3n) is 6.16. The van der Waals surface area contributed by atoms with E-state index in [1.807, 2.05) is 37.3 Å². The number of sulfone groups is 1. The van der Waals surface area contributed by atoms with Crippen LogP contribution in [-0.4, -0.2) is 40.3 Å². The average molecular weight is 547 g/mol. The fourth-order valence-electron chi connectivity index (χ4n) is 3.92. The number of nitrogens with zero attached hydrogens (tertiary/aromatic N) is 4. The summed E-state index contributed by atoms with van der Waals surface area (Å²) in [5.41, 5.74) is 3.92. The Labute approximate surface area is 227 Å². The minimum Gasteiger partial charge on any atom is -0.335 e. The molecule has 0 spiro atoms. The lowest BCUT2D eigenvalue weighted by Gasteiger charge is -2.19. The van der Waals surface area contributed by atoms with Crippen LogP contribution in [0.2, 0.25) is 0 Å². The van der Waals surface area contributed by atoms with Gasteiger partial charge in [-0.1, -0.05) is 45.0 Å². The molecule has 0 atom stereocenters. The van der Waals surface area contributed by atoms with Crippen molar-refractivity contribution in [2.75, 3.05) is 16.9 Å². The van der Waals surface area contributed by atoms with Crippen LogP contribution >= 0.6 is 0 Å². The standard InChI is InChI=1S/C28H30N6O4S/c1-17-20(8-7-9-21(17)31-25(35)18-10-12-19(13-11-18)28(2,3)4)22-16-23(26(36)34(5)33-22)30-24-14-15-29-27(32-24)39(6,37)38/h7-16H,1-6H3,(H,31,35)(H,29,30,32). The third kappa shape index (κ3) is 6.20. The van der Waals surface area contributed by atoms with Crippen LogP contribution < -0.4 is 16.2 Å². The Morgan fingerprint density at radius 2 is 1.69 bits per heavy atom. The number of carbonyl (C=O) groups is 1. The van der Waals surface area contributed by atoms with Gasteiger partial charge in [-0.15, -0.1) is 0 Å². The summed E-state index contributed by atoms with van der Waals surface area (Å²) in [4.78, 5) is 33.6. The molecule has 0 saturated heterocycles. The van der Waals surface area contributed by atoms with E-state index in [0.717, 1.165) is 17.4 Å². The van der Waals surface area contributed by atoms with Crippen molar-refractivity contribution in [3.05, 3.63) is 87.8 Å². The second kappa shape index (κ2) is 10.4. The molecule has 39 heavy (non-hydrogen) atoms. The van der Waals surface area contributed by atoms with Crippen molar-refractivity contribution in [1.29, 1.82) is 0 Å². The molecular formula is C28H30N6O4S. The number of amides is 1. The van der Waals surface area contributed by atoms with Crippen LogP contribution in [0.4, 0.5) is 17.2 Å². The van der Waals surface area contributed by atoms with E-state index in [9.17, 15) is 18.0 Å². The molecule has 2 heterocycles. The molecule has 0 unspecified atom stereocenters.